The van der Waals surface area contributed by atoms with Crippen LogP contribution in [-0.4, -0.2) is 19.1 Å². The summed E-state index contributed by atoms with van der Waals surface area (Å²) in [4.78, 5) is 0. The molecule has 0 aromatic carbocycles. The fourth-order valence-electron chi connectivity index (χ4n) is 3.11. The van der Waals surface area contributed by atoms with Gasteiger partial charge in [0.05, 0.1) is 0 Å². The van der Waals surface area contributed by atoms with Crippen molar-refractivity contribution in [2.24, 2.45) is 17.1 Å². The van der Waals surface area contributed by atoms with Gasteiger partial charge in [0, 0.05) is 6.04 Å². The van der Waals surface area contributed by atoms with Crippen LogP contribution in [0.5, 0.6) is 0 Å². The maximum absolute atomic E-state index is 6.21. The lowest BCUT2D eigenvalue weighted by Crippen LogP contribution is -2.45. The number of nitrogens with two attached hydrogens (primary N) is 1. The van der Waals surface area contributed by atoms with Crippen LogP contribution in [0.25, 0.3) is 0 Å². The zero-order valence-electron chi connectivity index (χ0n) is 7.97. The molecule has 1 heterocycles. The van der Waals surface area contributed by atoms with Gasteiger partial charge in [0.2, 0.25) is 0 Å². The first-order valence-electron chi connectivity index (χ1n) is 5.19. The van der Waals surface area contributed by atoms with Crippen LogP contribution in [0, 0.1) is 11.3 Å². The molecule has 2 rings (SSSR count). The second-order valence-electron chi connectivity index (χ2n) is 4.76. The third-order valence-corrected chi connectivity index (χ3v) is 3.80. The zero-order valence-corrected chi connectivity index (χ0v) is 7.97. The average Bonchev–Trinajstić information content (AvgIpc) is 2.29. The van der Waals surface area contributed by atoms with E-state index in [-0.39, 0.29) is 0 Å². The van der Waals surface area contributed by atoms with Crippen molar-refractivity contribution in [3.05, 3.63) is 0 Å². The molecule has 1 spiro atoms. The molecular weight excluding hydrogens is 148 g/mol. The molecule has 1 aliphatic heterocycles. The molecule has 1 aliphatic carbocycles. The Morgan fingerprint density at radius 2 is 2.00 bits per heavy atom. The summed E-state index contributed by atoms with van der Waals surface area (Å²) in [6, 6.07) is 0.481. The lowest BCUT2D eigenvalue weighted by molar-refractivity contribution is 0.179. The molecule has 2 heteroatoms. The van der Waals surface area contributed by atoms with Crippen LogP contribution in [0.2, 0.25) is 0 Å². The van der Waals surface area contributed by atoms with Gasteiger partial charge in [0.1, 0.15) is 0 Å². The van der Waals surface area contributed by atoms with E-state index in [1.807, 2.05) is 0 Å². The van der Waals surface area contributed by atoms with Crippen molar-refractivity contribution < 1.29 is 0 Å². The monoisotopic (exact) mass is 168 g/mol. The fraction of sp³-hybridized carbons (Fsp3) is 1.00. The van der Waals surface area contributed by atoms with Gasteiger partial charge >= 0.3 is 0 Å². The highest BCUT2D eigenvalue weighted by Gasteiger charge is 2.44. The van der Waals surface area contributed by atoms with Crippen molar-refractivity contribution in [3.63, 3.8) is 0 Å². The third kappa shape index (κ3) is 1.27. The number of rotatable bonds is 0. The van der Waals surface area contributed by atoms with Gasteiger partial charge in [-0.1, -0.05) is 6.92 Å². The number of hydrogen-bond donors (Lipinski definition) is 2. The van der Waals surface area contributed by atoms with Crippen molar-refractivity contribution in [1.29, 1.82) is 0 Å². The van der Waals surface area contributed by atoms with Crippen LogP contribution in [0.15, 0.2) is 0 Å². The molecule has 0 aromatic rings. The minimum Gasteiger partial charge on any atom is -0.327 e. The van der Waals surface area contributed by atoms with Gasteiger partial charge in [0.15, 0.2) is 0 Å². The second-order valence-corrected chi connectivity index (χ2v) is 4.76. The van der Waals surface area contributed by atoms with Crippen LogP contribution in [0.1, 0.15) is 32.6 Å². The zero-order chi connectivity index (χ0) is 8.60. The van der Waals surface area contributed by atoms with Gasteiger partial charge in [-0.25, -0.2) is 0 Å². The van der Waals surface area contributed by atoms with Crippen molar-refractivity contribution in [1.82, 2.24) is 5.32 Å². The van der Waals surface area contributed by atoms with E-state index in [1.165, 1.54) is 38.8 Å². The molecule has 2 atom stereocenters. The van der Waals surface area contributed by atoms with E-state index in [4.69, 9.17) is 5.73 Å². The van der Waals surface area contributed by atoms with Crippen LogP contribution < -0.4 is 11.1 Å². The lowest BCUT2D eigenvalue weighted by atomic mass is 9.74. The fourth-order valence-corrected chi connectivity index (χ4v) is 3.11. The summed E-state index contributed by atoms with van der Waals surface area (Å²) < 4.78 is 0. The Morgan fingerprint density at radius 3 is 2.50 bits per heavy atom. The van der Waals surface area contributed by atoms with Crippen LogP contribution >= 0.6 is 0 Å². The van der Waals surface area contributed by atoms with E-state index in [9.17, 15) is 0 Å². The Labute approximate surface area is 74.9 Å². The summed E-state index contributed by atoms with van der Waals surface area (Å²) in [5.41, 5.74) is 6.73. The smallest absolute Gasteiger partial charge is 0.00991 e. The summed E-state index contributed by atoms with van der Waals surface area (Å²) in [7, 11) is 0. The van der Waals surface area contributed by atoms with E-state index in [0.717, 1.165) is 5.92 Å². The Morgan fingerprint density at radius 1 is 1.33 bits per heavy atom. The van der Waals surface area contributed by atoms with Crippen LogP contribution in [-0.2, 0) is 0 Å². The number of piperidine rings is 1. The van der Waals surface area contributed by atoms with Crippen LogP contribution in [0.4, 0.5) is 0 Å². The van der Waals surface area contributed by atoms with Gasteiger partial charge in [-0.3, -0.25) is 0 Å². The van der Waals surface area contributed by atoms with Gasteiger partial charge < -0.3 is 11.1 Å². The average molecular weight is 168 g/mol. The van der Waals surface area contributed by atoms with Crippen molar-refractivity contribution in [3.8, 4) is 0 Å². The Balaban J connectivity index is 2.08. The van der Waals surface area contributed by atoms with Gasteiger partial charge in [-0.2, -0.15) is 0 Å². The SMILES string of the molecule is C[C@H]1C[C@@H](N)C2(CCNCC2)C1. The van der Waals surface area contributed by atoms with Gasteiger partial charge in [-0.05, 0) is 50.1 Å². The molecular formula is C10H20N2. The second kappa shape index (κ2) is 3.00. The van der Waals surface area contributed by atoms with Crippen molar-refractivity contribution in [2.75, 3.05) is 13.1 Å². The summed E-state index contributed by atoms with van der Waals surface area (Å²) in [6.45, 7) is 4.71. The molecule has 1 saturated heterocycles. The first kappa shape index (κ1) is 8.52. The minimum atomic E-state index is 0.481. The number of nitrogens with one attached hydrogen (secondary N) is 1. The highest BCUT2D eigenvalue weighted by Crippen LogP contribution is 2.46. The summed E-state index contributed by atoms with van der Waals surface area (Å²) in [6.07, 6.45) is 5.23. The quantitative estimate of drug-likeness (QED) is 0.568. The molecule has 2 aliphatic rings. The van der Waals surface area contributed by atoms with E-state index >= 15 is 0 Å². The molecule has 0 radical (unpaired) electrons. The standard InChI is InChI=1S/C10H20N2/c1-8-6-9(11)10(7-8)2-4-12-5-3-10/h8-9,12H,2-7,11H2,1H3/t8-,9+/m0/s1. The Kier molecular flexibility index (Phi) is 2.13. The van der Waals surface area contributed by atoms with Crippen molar-refractivity contribution in [2.45, 2.75) is 38.6 Å². The first-order valence-corrected chi connectivity index (χ1v) is 5.19. The first-order chi connectivity index (χ1) is 5.73. The predicted molar refractivity (Wildman–Crippen MR) is 50.9 cm³/mol. The van der Waals surface area contributed by atoms with E-state index in [1.54, 1.807) is 0 Å². The molecule has 0 bridgehead atoms. The van der Waals surface area contributed by atoms with E-state index in [2.05, 4.69) is 12.2 Å². The molecule has 2 fully saturated rings. The van der Waals surface area contributed by atoms with E-state index < -0.39 is 0 Å². The summed E-state index contributed by atoms with van der Waals surface area (Å²) >= 11 is 0. The molecule has 70 valence electrons. The van der Waals surface area contributed by atoms with Gasteiger partial charge in [0.25, 0.3) is 0 Å². The summed E-state index contributed by atoms with van der Waals surface area (Å²) in [5.74, 6) is 0.859. The highest BCUT2D eigenvalue weighted by atomic mass is 14.9. The molecule has 3 N–H and O–H groups in total. The molecule has 12 heavy (non-hydrogen) atoms. The third-order valence-electron chi connectivity index (χ3n) is 3.80. The van der Waals surface area contributed by atoms with Gasteiger partial charge in [-0.15, -0.1) is 0 Å². The minimum absolute atomic E-state index is 0.481. The van der Waals surface area contributed by atoms with Crippen LogP contribution in [0.3, 0.4) is 0 Å². The topological polar surface area (TPSA) is 38.0 Å². The Hall–Kier alpha value is -0.0800. The van der Waals surface area contributed by atoms with E-state index in [0.29, 0.717) is 11.5 Å². The normalized spacial score (nSPS) is 40.5. The lowest BCUT2D eigenvalue weighted by Gasteiger charge is -2.37. The highest BCUT2D eigenvalue weighted by molar-refractivity contribution is 4.99. The molecule has 1 saturated carbocycles. The summed E-state index contributed by atoms with van der Waals surface area (Å²) in [5, 5.41) is 3.42. The molecule has 0 aromatic heterocycles. The largest absolute Gasteiger partial charge is 0.327 e. The maximum Gasteiger partial charge on any atom is 0.00991 e. The number of hydrogen-bond acceptors (Lipinski definition) is 2. The predicted octanol–water partition coefficient (Wildman–Crippen LogP) is 1.11. The Bertz CT molecular complexity index is 161. The molecule has 0 unspecified atom stereocenters. The maximum atomic E-state index is 6.21. The molecule has 2 nitrogen and oxygen atoms in total. The molecule has 0 amide bonds. The van der Waals surface area contributed by atoms with Crippen molar-refractivity contribution >= 4 is 0 Å².